The molecule has 3 aliphatic heterocycles. The Morgan fingerprint density at radius 1 is 0.795 bits per heavy atom. The van der Waals surface area contributed by atoms with Crippen LogP contribution >= 0.6 is 0 Å². The van der Waals surface area contributed by atoms with Gasteiger partial charge in [0.2, 0.25) is 11.8 Å². The van der Waals surface area contributed by atoms with Crippen molar-refractivity contribution in [3.63, 3.8) is 0 Å². The summed E-state index contributed by atoms with van der Waals surface area (Å²) in [5.74, 6) is 0.561. The van der Waals surface area contributed by atoms with Crippen LogP contribution in [0.3, 0.4) is 0 Å². The summed E-state index contributed by atoms with van der Waals surface area (Å²) in [6.45, 7) is 4.50. The van der Waals surface area contributed by atoms with Gasteiger partial charge < -0.3 is 19.4 Å². The number of amides is 3. The minimum Gasteiger partial charge on any atom is -0.481 e. The van der Waals surface area contributed by atoms with Crippen LogP contribution in [-0.2, 0) is 27.2 Å². The molecular weight excluding hydrogens is 496 g/mol. The summed E-state index contributed by atoms with van der Waals surface area (Å²) in [6, 6.07) is 17.6. The summed E-state index contributed by atoms with van der Waals surface area (Å²) in [5.41, 5.74) is 14.0. The van der Waals surface area contributed by atoms with E-state index in [2.05, 4.69) is 16.9 Å². The SMILES string of the molecule is CC(=O)N1CCc2cc(NN(Nc3ccc4c(c3)OCC(=O)N4C)c3ccc4c(c3)N(C(C)=O)CC4)ccc21. The van der Waals surface area contributed by atoms with Gasteiger partial charge in [-0.15, -0.1) is 0 Å². The summed E-state index contributed by atoms with van der Waals surface area (Å²) >= 11 is 0. The molecule has 0 aromatic heterocycles. The van der Waals surface area contributed by atoms with E-state index in [-0.39, 0.29) is 24.3 Å². The monoisotopic (exact) mass is 526 g/mol. The van der Waals surface area contributed by atoms with E-state index in [9.17, 15) is 14.4 Å². The first-order valence-corrected chi connectivity index (χ1v) is 13.0. The summed E-state index contributed by atoms with van der Waals surface area (Å²) in [5, 5.41) is 1.80. The fourth-order valence-electron chi connectivity index (χ4n) is 5.39. The predicted octanol–water partition coefficient (Wildman–Crippen LogP) is 3.72. The molecule has 6 rings (SSSR count). The average Bonchev–Trinajstić information content (AvgIpc) is 3.54. The summed E-state index contributed by atoms with van der Waals surface area (Å²) in [4.78, 5) is 41.5. The van der Waals surface area contributed by atoms with Crippen LogP contribution in [0.4, 0.5) is 34.1 Å². The van der Waals surface area contributed by atoms with Crippen molar-refractivity contribution in [2.75, 3.05) is 57.4 Å². The van der Waals surface area contributed by atoms with Gasteiger partial charge in [0.05, 0.1) is 22.7 Å². The van der Waals surface area contributed by atoms with E-state index in [0.29, 0.717) is 24.5 Å². The van der Waals surface area contributed by atoms with Gasteiger partial charge in [0.1, 0.15) is 5.75 Å². The maximum Gasteiger partial charge on any atom is 0.264 e. The zero-order chi connectivity index (χ0) is 27.3. The zero-order valence-electron chi connectivity index (χ0n) is 22.2. The van der Waals surface area contributed by atoms with Gasteiger partial charge in [0.25, 0.3) is 5.91 Å². The molecule has 3 amide bonds. The normalized spacial score (nSPS) is 15.4. The van der Waals surface area contributed by atoms with E-state index in [1.54, 1.807) is 40.7 Å². The second-order valence-corrected chi connectivity index (χ2v) is 9.98. The molecule has 0 fully saturated rings. The lowest BCUT2D eigenvalue weighted by Gasteiger charge is -2.30. The summed E-state index contributed by atoms with van der Waals surface area (Å²) < 4.78 is 5.69. The molecule has 200 valence electrons. The molecule has 3 aromatic carbocycles. The Hall–Kier alpha value is -4.73. The Morgan fingerprint density at radius 3 is 2.15 bits per heavy atom. The lowest BCUT2D eigenvalue weighted by atomic mass is 10.1. The standard InChI is InChI=1S/C29H30N6O4/c1-18(36)33-13-11-21-14-22(5-8-25(21)33)30-35(24-7-4-20-10-12-34(19(2)37)27(20)16-24)31-23-6-9-26-28(15-23)39-17-29(38)32(26)3/h4-9,14-16,30-31H,10-13,17H2,1-3H3. The number of ether oxygens (including phenoxy) is 1. The summed E-state index contributed by atoms with van der Waals surface area (Å²) in [7, 11) is 1.73. The number of nitrogens with one attached hydrogen (secondary N) is 2. The quantitative estimate of drug-likeness (QED) is 0.489. The van der Waals surface area contributed by atoms with Gasteiger partial charge in [0.15, 0.2) is 6.61 Å². The number of fused-ring (bicyclic) bond motifs is 3. The van der Waals surface area contributed by atoms with Gasteiger partial charge in [-0.1, -0.05) is 6.07 Å². The van der Waals surface area contributed by atoms with Crippen molar-refractivity contribution in [1.82, 2.24) is 0 Å². The third kappa shape index (κ3) is 4.47. The number of anilines is 6. The van der Waals surface area contributed by atoms with Crippen molar-refractivity contribution >= 4 is 51.8 Å². The van der Waals surface area contributed by atoms with E-state index < -0.39 is 0 Å². The molecule has 0 saturated carbocycles. The molecule has 3 aromatic rings. The van der Waals surface area contributed by atoms with Crippen LogP contribution < -0.4 is 35.4 Å². The van der Waals surface area contributed by atoms with Gasteiger partial charge in [-0.05, 0) is 66.4 Å². The largest absolute Gasteiger partial charge is 0.481 e. The molecule has 0 atom stereocenters. The predicted molar refractivity (Wildman–Crippen MR) is 151 cm³/mol. The second-order valence-electron chi connectivity index (χ2n) is 9.98. The number of carbonyl (C=O) groups excluding carboxylic acids is 3. The van der Waals surface area contributed by atoms with Gasteiger partial charge in [0, 0.05) is 51.4 Å². The number of rotatable bonds is 5. The molecule has 0 aliphatic carbocycles. The number of benzene rings is 3. The molecule has 0 spiro atoms. The highest BCUT2D eigenvalue weighted by Gasteiger charge is 2.26. The molecule has 2 N–H and O–H groups in total. The van der Waals surface area contributed by atoms with Gasteiger partial charge >= 0.3 is 0 Å². The van der Waals surface area contributed by atoms with Crippen LogP contribution in [0, 0.1) is 0 Å². The molecule has 0 unspecified atom stereocenters. The minimum atomic E-state index is -0.0976. The topological polar surface area (TPSA) is 97.5 Å². The van der Waals surface area contributed by atoms with Crippen molar-refractivity contribution in [2.24, 2.45) is 0 Å². The Labute approximate surface area is 226 Å². The highest BCUT2D eigenvalue weighted by molar-refractivity contribution is 5.98. The molecule has 10 heteroatoms. The van der Waals surface area contributed by atoms with Crippen LogP contribution in [0.25, 0.3) is 0 Å². The zero-order valence-corrected chi connectivity index (χ0v) is 22.2. The molecule has 3 aliphatic rings. The van der Waals surface area contributed by atoms with Crippen LogP contribution in [0.1, 0.15) is 25.0 Å². The first-order valence-electron chi connectivity index (χ1n) is 13.0. The Bertz CT molecular complexity index is 1510. The van der Waals surface area contributed by atoms with Crippen LogP contribution in [-0.4, -0.2) is 44.5 Å². The Morgan fingerprint density at radius 2 is 1.44 bits per heavy atom. The van der Waals surface area contributed by atoms with Crippen molar-refractivity contribution in [3.8, 4) is 5.75 Å². The smallest absolute Gasteiger partial charge is 0.264 e. The lowest BCUT2D eigenvalue weighted by molar-refractivity contribution is -0.121. The Balaban J connectivity index is 1.34. The van der Waals surface area contributed by atoms with Crippen molar-refractivity contribution in [1.29, 1.82) is 0 Å². The average molecular weight is 527 g/mol. The van der Waals surface area contributed by atoms with Crippen LogP contribution in [0.5, 0.6) is 5.75 Å². The fourth-order valence-corrected chi connectivity index (χ4v) is 5.39. The summed E-state index contributed by atoms with van der Waals surface area (Å²) in [6.07, 6.45) is 1.61. The maximum atomic E-state index is 12.3. The number of hydrogen-bond donors (Lipinski definition) is 2. The van der Waals surface area contributed by atoms with Gasteiger partial charge in [-0.2, -0.15) is 5.12 Å². The first-order chi connectivity index (χ1) is 18.8. The highest BCUT2D eigenvalue weighted by atomic mass is 16.5. The highest BCUT2D eigenvalue weighted by Crippen LogP contribution is 2.36. The molecular formula is C29H30N6O4. The second kappa shape index (κ2) is 9.54. The van der Waals surface area contributed by atoms with Crippen molar-refractivity contribution in [2.45, 2.75) is 26.7 Å². The lowest BCUT2D eigenvalue weighted by Crippen LogP contribution is -2.37. The number of nitrogens with zero attached hydrogens (tertiary/aromatic N) is 4. The number of carbonyl (C=O) groups is 3. The van der Waals surface area contributed by atoms with E-state index >= 15 is 0 Å². The van der Waals surface area contributed by atoms with E-state index in [1.165, 1.54) is 0 Å². The Kier molecular flexibility index (Phi) is 6.02. The van der Waals surface area contributed by atoms with Crippen molar-refractivity contribution < 1.29 is 19.1 Å². The number of hydrazine groups is 2. The molecule has 10 nitrogen and oxygen atoms in total. The molecule has 0 saturated heterocycles. The molecule has 39 heavy (non-hydrogen) atoms. The van der Waals surface area contributed by atoms with Crippen molar-refractivity contribution in [3.05, 3.63) is 65.7 Å². The number of likely N-dealkylation sites (N-methyl/N-ethyl adjacent to an activating group) is 1. The fraction of sp³-hybridized carbons (Fsp3) is 0.276. The molecule has 0 radical (unpaired) electrons. The van der Waals surface area contributed by atoms with Crippen LogP contribution in [0.15, 0.2) is 54.6 Å². The minimum absolute atomic E-state index is 0.00692. The van der Waals surface area contributed by atoms with Gasteiger partial charge in [-0.3, -0.25) is 25.2 Å². The first kappa shape index (κ1) is 24.6. The third-order valence-corrected chi connectivity index (χ3v) is 7.49. The van der Waals surface area contributed by atoms with Crippen LogP contribution in [0.2, 0.25) is 0 Å². The van der Waals surface area contributed by atoms with E-state index in [0.717, 1.165) is 52.4 Å². The van der Waals surface area contributed by atoms with Gasteiger partial charge in [-0.25, -0.2) is 0 Å². The number of hydrogen-bond acceptors (Lipinski definition) is 7. The molecule has 0 bridgehead atoms. The third-order valence-electron chi connectivity index (χ3n) is 7.49. The molecule has 3 heterocycles. The van der Waals surface area contributed by atoms with E-state index in [1.807, 2.05) is 48.5 Å². The van der Waals surface area contributed by atoms with E-state index in [4.69, 9.17) is 4.74 Å². The maximum absolute atomic E-state index is 12.3.